The SMILES string of the molecule is Cc1noc([C@]23CN(Cc4ccccc4)CC[C@H]2CN(CCO)C3)n1. The molecule has 6 nitrogen and oxygen atoms in total. The van der Waals surface area contributed by atoms with Crippen molar-refractivity contribution in [2.45, 2.75) is 25.3 Å². The van der Waals surface area contributed by atoms with Crippen LogP contribution < -0.4 is 0 Å². The van der Waals surface area contributed by atoms with Crippen LogP contribution in [0.15, 0.2) is 34.9 Å². The first-order valence-corrected chi connectivity index (χ1v) is 9.10. The number of aliphatic hydroxyl groups is 1. The van der Waals surface area contributed by atoms with E-state index < -0.39 is 0 Å². The van der Waals surface area contributed by atoms with Crippen LogP contribution in [0.3, 0.4) is 0 Å². The van der Waals surface area contributed by atoms with Crippen LogP contribution in [-0.2, 0) is 12.0 Å². The minimum Gasteiger partial charge on any atom is -0.395 e. The molecular weight excluding hydrogens is 316 g/mol. The van der Waals surface area contributed by atoms with Gasteiger partial charge >= 0.3 is 0 Å². The Morgan fingerprint density at radius 2 is 2.04 bits per heavy atom. The van der Waals surface area contributed by atoms with Gasteiger partial charge in [-0.05, 0) is 31.4 Å². The van der Waals surface area contributed by atoms with Crippen molar-refractivity contribution in [3.8, 4) is 0 Å². The van der Waals surface area contributed by atoms with Crippen molar-refractivity contribution in [2.75, 3.05) is 39.3 Å². The molecule has 2 saturated heterocycles. The van der Waals surface area contributed by atoms with E-state index in [1.54, 1.807) is 0 Å². The summed E-state index contributed by atoms with van der Waals surface area (Å²) in [6, 6.07) is 10.6. The highest BCUT2D eigenvalue weighted by Crippen LogP contribution is 2.44. The van der Waals surface area contributed by atoms with Crippen LogP contribution in [0.25, 0.3) is 0 Å². The lowest BCUT2D eigenvalue weighted by Crippen LogP contribution is -2.51. The molecule has 0 saturated carbocycles. The lowest BCUT2D eigenvalue weighted by atomic mass is 9.73. The van der Waals surface area contributed by atoms with E-state index in [0.717, 1.165) is 45.0 Å². The Balaban J connectivity index is 1.59. The van der Waals surface area contributed by atoms with Crippen molar-refractivity contribution >= 4 is 0 Å². The molecule has 6 heteroatoms. The molecule has 4 rings (SSSR count). The molecule has 1 N–H and O–H groups in total. The Morgan fingerprint density at radius 1 is 1.24 bits per heavy atom. The molecule has 25 heavy (non-hydrogen) atoms. The number of benzene rings is 1. The van der Waals surface area contributed by atoms with Gasteiger partial charge in [0.05, 0.1) is 12.0 Å². The molecule has 1 aromatic heterocycles. The van der Waals surface area contributed by atoms with Crippen LogP contribution in [0.5, 0.6) is 0 Å². The third-order valence-electron chi connectivity index (χ3n) is 5.68. The van der Waals surface area contributed by atoms with Crippen LogP contribution in [0, 0.1) is 12.8 Å². The van der Waals surface area contributed by atoms with Gasteiger partial charge in [0.25, 0.3) is 0 Å². The predicted molar refractivity (Wildman–Crippen MR) is 94.1 cm³/mol. The van der Waals surface area contributed by atoms with Crippen molar-refractivity contribution in [2.24, 2.45) is 5.92 Å². The second-order valence-corrected chi connectivity index (χ2v) is 7.44. The highest BCUT2D eigenvalue weighted by molar-refractivity contribution is 5.19. The lowest BCUT2D eigenvalue weighted by Gasteiger charge is -2.42. The molecular formula is C19H26N4O2. The average molecular weight is 342 g/mol. The second kappa shape index (κ2) is 6.86. The summed E-state index contributed by atoms with van der Waals surface area (Å²) in [4.78, 5) is 9.46. The largest absolute Gasteiger partial charge is 0.395 e. The van der Waals surface area contributed by atoms with E-state index in [1.165, 1.54) is 5.56 Å². The Morgan fingerprint density at radius 3 is 2.76 bits per heavy atom. The van der Waals surface area contributed by atoms with Gasteiger partial charge in [0.15, 0.2) is 5.82 Å². The number of piperidine rings is 1. The molecule has 2 aliphatic heterocycles. The standard InChI is InChI=1S/C19H26N4O2/c1-15-20-18(25-21-15)19-13-22(11-16-5-3-2-4-6-16)8-7-17(19)12-23(14-19)9-10-24/h2-6,17,24H,7-14H2,1H3/t17-,19-/m0/s1. The lowest BCUT2D eigenvalue weighted by molar-refractivity contribution is 0.0874. The van der Waals surface area contributed by atoms with E-state index in [-0.39, 0.29) is 12.0 Å². The number of hydrogen-bond donors (Lipinski definition) is 1. The van der Waals surface area contributed by atoms with E-state index in [4.69, 9.17) is 4.52 Å². The van der Waals surface area contributed by atoms with E-state index >= 15 is 0 Å². The Kier molecular flexibility index (Phi) is 4.58. The van der Waals surface area contributed by atoms with Crippen molar-refractivity contribution in [3.05, 3.63) is 47.6 Å². The monoisotopic (exact) mass is 342 g/mol. The average Bonchev–Trinajstić information content (AvgIpc) is 3.20. The summed E-state index contributed by atoms with van der Waals surface area (Å²) >= 11 is 0. The Hall–Kier alpha value is -1.76. The van der Waals surface area contributed by atoms with E-state index in [2.05, 4.69) is 50.3 Å². The maximum absolute atomic E-state index is 9.36. The van der Waals surface area contributed by atoms with Gasteiger partial charge < -0.3 is 9.63 Å². The zero-order valence-corrected chi connectivity index (χ0v) is 14.8. The molecule has 134 valence electrons. The maximum Gasteiger partial charge on any atom is 0.235 e. The number of rotatable bonds is 5. The van der Waals surface area contributed by atoms with Gasteiger partial charge in [-0.3, -0.25) is 9.80 Å². The summed E-state index contributed by atoms with van der Waals surface area (Å²) in [6.45, 7) is 7.62. The molecule has 1 aromatic carbocycles. The third kappa shape index (κ3) is 3.21. The van der Waals surface area contributed by atoms with Crippen molar-refractivity contribution < 1.29 is 9.63 Å². The molecule has 0 amide bonds. The Bertz CT molecular complexity index is 704. The van der Waals surface area contributed by atoms with Gasteiger partial charge in [-0.15, -0.1) is 0 Å². The summed E-state index contributed by atoms with van der Waals surface area (Å²) in [6.07, 6.45) is 1.12. The number of aryl methyl sites for hydroxylation is 1. The number of fused-ring (bicyclic) bond motifs is 1. The normalized spacial score (nSPS) is 27.5. The number of β-amino-alcohol motifs (C(OH)–C–C–N with tert-alkyl or cyclic N) is 1. The van der Waals surface area contributed by atoms with Crippen LogP contribution in [-0.4, -0.2) is 64.4 Å². The molecule has 0 unspecified atom stereocenters. The van der Waals surface area contributed by atoms with E-state index in [0.29, 0.717) is 18.3 Å². The first-order valence-electron chi connectivity index (χ1n) is 9.10. The Labute approximate surface area is 148 Å². The topological polar surface area (TPSA) is 65.6 Å². The van der Waals surface area contributed by atoms with Crippen LogP contribution >= 0.6 is 0 Å². The minimum atomic E-state index is -0.122. The summed E-state index contributed by atoms with van der Waals surface area (Å²) in [7, 11) is 0. The molecule has 0 radical (unpaired) electrons. The fourth-order valence-corrected chi connectivity index (χ4v) is 4.54. The highest BCUT2D eigenvalue weighted by Gasteiger charge is 2.54. The van der Waals surface area contributed by atoms with Crippen molar-refractivity contribution in [1.82, 2.24) is 19.9 Å². The fourth-order valence-electron chi connectivity index (χ4n) is 4.54. The molecule has 0 spiro atoms. The number of aliphatic hydroxyl groups excluding tert-OH is 1. The zero-order valence-electron chi connectivity index (χ0n) is 14.8. The van der Waals surface area contributed by atoms with Gasteiger partial charge in [0.2, 0.25) is 5.89 Å². The summed E-state index contributed by atoms with van der Waals surface area (Å²) in [5.74, 6) is 1.98. The van der Waals surface area contributed by atoms with Crippen molar-refractivity contribution in [1.29, 1.82) is 0 Å². The third-order valence-corrected chi connectivity index (χ3v) is 5.68. The van der Waals surface area contributed by atoms with Gasteiger partial charge in [0, 0.05) is 32.7 Å². The quantitative estimate of drug-likeness (QED) is 0.887. The molecule has 2 atom stereocenters. The predicted octanol–water partition coefficient (Wildman–Crippen LogP) is 1.45. The number of hydrogen-bond acceptors (Lipinski definition) is 6. The summed E-state index contributed by atoms with van der Waals surface area (Å²) in [5, 5.41) is 13.4. The number of likely N-dealkylation sites (tertiary alicyclic amines) is 2. The van der Waals surface area contributed by atoms with Gasteiger partial charge in [-0.25, -0.2) is 0 Å². The first-order chi connectivity index (χ1) is 12.2. The van der Waals surface area contributed by atoms with Crippen molar-refractivity contribution in [3.63, 3.8) is 0 Å². The highest BCUT2D eigenvalue weighted by atomic mass is 16.5. The summed E-state index contributed by atoms with van der Waals surface area (Å²) < 4.78 is 5.66. The van der Waals surface area contributed by atoms with E-state index in [1.807, 2.05) is 6.92 Å². The molecule has 2 fully saturated rings. The molecule has 2 aromatic rings. The van der Waals surface area contributed by atoms with Crippen LogP contribution in [0.2, 0.25) is 0 Å². The van der Waals surface area contributed by atoms with Crippen LogP contribution in [0.1, 0.15) is 23.7 Å². The molecule has 0 aliphatic carbocycles. The molecule has 0 bridgehead atoms. The smallest absolute Gasteiger partial charge is 0.235 e. The van der Waals surface area contributed by atoms with Gasteiger partial charge in [-0.1, -0.05) is 35.5 Å². The number of aromatic nitrogens is 2. The zero-order chi connectivity index (χ0) is 17.3. The fraction of sp³-hybridized carbons (Fsp3) is 0.579. The molecule has 3 heterocycles. The van der Waals surface area contributed by atoms with Crippen LogP contribution in [0.4, 0.5) is 0 Å². The number of nitrogens with zero attached hydrogens (tertiary/aromatic N) is 4. The van der Waals surface area contributed by atoms with Gasteiger partial charge in [0.1, 0.15) is 0 Å². The van der Waals surface area contributed by atoms with Gasteiger partial charge in [-0.2, -0.15) is 4.98 Å². The minimum absolute atomic E-state index is 0.122. The first kappa shape index (κ1) is 16.7. The second-order valence-electron chi connectivity index (χ2n) is 7.44. The maximum atomic E-state index is 9.36. The molecule has 2 aliphatic rings. The van der Waals surface area contributed by atoms with E-state index in [9.17, 15) is 5.11 Å². The summed E-state index contributed by atoms with van der Waals surface area (Å²) in [5.41, 5.74) is 1.21.